The Morgan fingerprint density at radius 3 is 0.971 bits per heavy atom. The topological polar surface area (TPSA) is 167 Å². The number of benzene rings is 1. The molecule has 0 saturated carbocycles. The van der Waals surface area contributed by atoms with Crippen LogP contribution in [0, 0.1) is 0 Å². The molecule has 166 valence electrons. The van der Waals surface area contributed by atoms with E-state index in [1.807, 2.05) is 0 Å². The Labute approximate surface area is 370 Å². The predicted molar refractivity (Wildman–Crippen MR) is 95.5 cm³/mol. The number of aliphatic carboxylic acids is 4. The summed E-state index contributed by atoms with van der Waals surface area (Å²) in [5.41, 5.74) is 1.56. The summed E-state index contributed by atoms with van der Waals surface area (Å²) in [5.74, 6) is -5.01. The average Bonchev–Trinajstić information content (AvgIpc) is 2.66. The molecule has 0 saturated heterocycles. The van der Waals surface area contributed by atoms with Gasteiger partial charge < -0.3 is 39.6 Å². The van der Waals surface area contributed by atoms with Crippen molar-refractivity contribution >= 4 is 23.9 Å². The number of hydrogen-bond acceptors (Lipinski definition) is 10. The molecule has 0 N–H and O–H groups in total. The van der Waals surface area contributed by atoms with Gasteiger partial charge >= 0.3 is 206 Å². The van der Waals surface area contributed by atoms with Gasteiger partial charge in [-0.05, 0) is 36.8 Å². The molecular weight excluding hydrogens is 553 g/mol. The van der Waals surface area contributed by atoms with E-state index in [0.29, 0.717) is 0 Å². The third-order valence-corrected chi connectivity index (χ3v) is 4.43. The van der Waals surface area contributed by atoms with Crippen molar-refractivity contribution in [3.63, 3.8) is 0 Å². The molecular formula is C20H24K4N2O8. The minimum atomic E-state index is -1.25. The SMILES string of the molecule is O=C([O-])CCN(CCC(=O)[O-])Cc1ccccc1CN(CCC(=O)[O-])CCC(=O)[O-].[K+].[K+].[K+].[K+]. The fourth-order valence-corrected chi connectivity index (χ4v) is 2.89. The number of rotatable bonds is 16. The molecule has 1 aromatic carbocycles. The second-order valence-electron chi connectivity index (χ2n) is 6.81. The molecule has 1 aromatic rings. The van der Waals surface area contributed by atoms with Crippen LogP contribution in [0.1, 0.15) is 36.8 Å². The Morgan fingerprint density at radius 2 is 0.765 bits per heavy atom. The van der Waals surface area contributed by atoms with Crippen LogP contribution in [-0.4, -0.2) is 59.9 Å². The normalized spacial score (nSPS) is 9.71. The van der Waals surface area contributed by atoms with Gasteiger partial charge in [0.15, 0.2) is 0 Å². The summed E-state index contributed by atoms with van der Waals surface area (Å²) < 4.78 is 0. The first-order valence-electron chi connectivity index (χ1n) is 9.48. The third kappa shape index (κ3) is 23.5. The number of nitrogens with zero attached hydrogens (tertiary/aromatic N) is 2. The molecule has 0 spiro atoms. The van der Waals surface area contributed by atoms with Crippen molar-refractivity contribution in [1.82, 2.24) is 9.80 Å². The van der Waals surface area contributed by atoms with E-state index >= 15 is 0 Å². The van der Waals surface area contributed by atoms with Crippen molar-refractivity contribution < 1.29 is 245 Å². The van der Waals surface area contributed by atoms with Crippen LogP contribution in [0.4, 0.5) is 0 Å². The molecule has 1 rings (SSSR count). The van der Waals surface area contributed by atoms with Gasteiger partial charge in [-0.15, -0.1) is 0 Å². The maximum absolute atomic E-state index is 10.8. The zero-order chi connectivity index (χ0) is 22.5. The van der Waals surface area contributed by atoms with Crippen LogP contribution in [0.2, 0.25) is 0 Å². The maximum Gasteiger partial charge on any atom is 1.00 e. The average molecular weight is 577 g/mol. The standard InChI is InChI=1S/C20H28N2O8.4K/c23-17(24)5-9-21(10-6-18(25)26)13-15-3-1-2-4-16(15)14-22(11-7-19(27)28)12-8-20(29)30;;;;/h1-4H,5-14H2,(H,23,24)(H,25,26)(H,27,28)(H,29,30);;;;/q;4*+1/p-4. The molecule has 0 unspecified atom stereocenters. The zero-order valence-electron chi connectivity index (χ0n) is 20.5. The zero-order valence-corrected chi connectivity index (χ0v) is 33.0. The predicted octanol–water partition coefficient (Wildman–Crippen LogP) is -16.1. The summed E-state index contributed by atoms with van der Waals surface area (Å²) in [7, 11) is 0. The van der Waals surface area contributed by atoms with Gasteiger partial charge in [-0.2, -0.15) is 0 Å². The van der Waals surface area contributed by atoms with E-state index in [0.717, 1.165) is 11.1 Å². The van der Waals surface area contributed by atoms with Crippen molar-refractivity contribution in [1.29, 1.82) is 0 Å². The Kier molecular flexibility index (Phi) is 35.1. The quantitative estimate of drug-likeness (QED) is 0.172. The summed E-state index contributed by atoms with van der Waals surface area (Å²) in [4.78, 5) is 46.4. The number of carboxylic acid groups (broad SMARTS) is 4. The second kappa shape index (κ2) is 26.8. The van der Waals surface area contributed by atoms with Crippen molar-refractivity contribution in [2.45, 2.75) is 38.8 Å². The van der Waals surface area contributed by atoms with Gasteiger partial charge in [-0.1, -0.05) is 24.3 Å². The van der Waals surface area contributed by atoms with E-state index in [1.165, 1.54) is 0 Å². The number of hydrogen-bond donors (Lipinski definition) is 0. The first-order chi connectivity index (χ1) is 14.2. The molecule has 0 aliphatic carbocycles. The van der Waals surface area contributed by atoms with Gasteiger partial charge in [0, 0.05) is 63.1 Å². The van der Waals surface area contributed by atoms with Crippen LogP contribution in [0.5, 0.6) is 0 Å². The Balaban J connectivity index is -0.00000112. The van der Waals surface area contributed by atoms with Crippen molar-refractivity contribution in [2.75, 3.05) is 26.2 Å². The van der Waals surface area contributed by atoms with Crippen LogP contribution >= 0.6 is 0 Å². The monoisotopic (exact) mass is 576 g/mol. The van der Waals surface area contributed by atoms with Gasteiger partial charge in [-0.3, -0.25) is 9.80 Å². The summed E-state index contributed by atoms with van der Waals surface area (Å²) in [6.45, 7) is 0.856. The minimum absolute atomic E-state index is 0. The van der Waals surface area contributed by atoms with Crippen LogP contribution in [0.25, 0.3) is 0 Å². The molecule has 34 heavy (non-hydrogen) atoms. The van der Waals surface area contributed by atoms with E-state index in [1.54, 1.807) is 34.1 Å². The van der Waals surface area contributed by atoms with Crippen molar-refractivity contribution in [3.8, 4) is 0 Å². The third-order valence-electron chi connectivity index (χ3n) is 4.43. The van der Waals surface area contributed by atoms with Gasteiger partial charge in [-0.25, -0.2) is 0 Å². The maximum atomic E-state index is 10.8. The van der Waals surface area contributed by atoms with Crippen LogP contribution < -0.4 is 226 Å². The smallest absolute Gasteiger partial charge is 0.550 e. The van der Waals surface area contributed by atoms with Crippen molar-refractivity contribution in [2.24, 2.45) is 0 Å². The Morgan fingerprint density at radius 1 is 0.529 bits per heavy atom. The minimum Gasteiger partial charge on any atom is -0.550 e. The van der Waals surface area contributed by atoms with Crippen molar-refractivity contribution in [3.05, 3.63) is 35.4 Å². The molecule has 14 heteroatoms. The van der Waals surface area contributed by atoms with E-state index in [4.69, 9.17) is 0 Å². The number of carbonyl (C=O) groups excluding carboxylic acids is 4. The molecule has 0 aromatic heterocycles. The summed E-state index contributed by atoms with van der Waals surface area (Å²) >= 11 is 0. The van der Waals surface area contributed by atoms with Gasteiger partial charge in [0.05, 0.1) is 0 Å². The summed E-state index contributed by atoms with van der Waals surface area (Å²) in [6, 6.07) is 7.11. The summed E-state index contributed by atoms with van der Waals surface area (Å²) in [5, 5.41) is 43.1. The first kappa shape index (κ1) is 44.6. The van der Waals surface area contributed by atoms with E-state index in [-0.39, 0.29) is 270 Å². The molecule has 0 aliphatic rings. The van der Waals surface area contributed by atoms with Crippen LogP contribution in [0.15, 0.2) is 24.3 Å². The molecule has 0 aliphatic heterocycles. The largest absolute Gasteiger partial charge is 1.00 e. The molecule has 0 fully saturated rings. The molecule has 0 amide bonds. The molecule has 0 bridgehead atoms. The number of carboxylic acids is 4. The second-order valence-corrected chi connectivity index (χ2v) is 6.81. The molecule has 0 atom stereocenters. The number of carbonyl (C=O) groups is 4. The van der Waals surface area contributed by atoms with Crippen LogP contribution in [0.3, 0.4) is 0 Å². The molecule has 0 radical (unpaired) electrons. The first-order valence-corrected chi connectivity index (χ1v) is 9.48. The summed E-state index contributed by atoms with van der Waals surface area (Å²) in [6.07, 6.45) is -1.06. The fraction of sp³-hybridized carbons (Fsp3) is 0.500. The van der Waals surface area contributed by atoms with E-state index < -0.39 is 23.9 Å². The van der Waals surface area contributed by atoms with Gasteiger partial charge in [0.25, 0.3) is 0 Å². The Bertz CT molecular complexity index is 658. The fourth-order valence-electron chi connectivity index (χ4n) is 2.89. The van der Waals surface area contributed by atoms with Gasteiger partial charge in [0.1, 0.15) is 0 Å². The van der Waals surface area contributed by atoms with E-state index in [9.17, 15) is 39.6 Å². The van der Waals surface area contributed by atoms with Crippen LogP contribution in [-0.2, 0) is 32.3 Å². The van der Waals surface area contributed by atoms with E-state index in [2.05, 4.69) is 0 Å². The molecule has 0 heterocycles. The molecule has 10 nitrogen and oxygen atoms in total. The van der Waals surface area contributed by atoms with Gasteiger partial charge in [0.2, 0.25) is 0 Å². The Hall–Kier alpha value is 3.57.